The Balaban J connectivity index is 2.07. The van der Waals surface area contributed by atoms with Crippen molar-refractivity contribution in [3.8, 4) is 0 Å². The molecule has 2 rings (SSSR count). The third-order valence-corrected chi connectivity index (χ3v) is 4.76. The van der Waals surface area contributed by atoms with Crippen LogP contribution in [0.1, 0.15) is 40.5 Å². The molecule has 0 spiro atoms. The summed E-state index contributed by atoms with van der Waals surface area (Å²) in [6, 6.07) is 0.855. The van der Waals surface area contributed by atoms with Crippen LogP contribution in [-0.2, 0) is 0 Å². The molecular formula is C13H25N. The normalized spacial score (nSPS) is 47.4. The van der Waals surface area contributed by atoms with Crippen molar-refractivity contribution in [3.63, 3.8) is 0 Å². The maximum atomic E-state index is 2.74. The minimum absolute atomic E-state index is 0.855. The highest BCUT2D eigenvalue weighted by Crippen LogP contribution is 2.42. The first-order valence-electron chi connectivity index (χ1n) is 6.37. The molecule has 0 amide bonds. The van der Waals surface area contributed by atoms with E-state index in [0.717, 1.165) is 29.7 Å². The van der Waals surface area contributed by atoms with Crippen LogP contribution in [0.3, 0.4) is 0 Å². The summed E-state index contributed by atoms with van der Waals surface area (Å²) in [4.78, 5) is 2.74. The van der Waals surface area contributed by atoms with Gasteiger partial charge in [-0.05, 0) is 37.0 Å². The molecule has 82 valence electrons. The van der Waals surface area contributed by atoms with Crippen LogP contribution in [-0.4, -0.2) is 24.0 Å². The number of nitrogens with zero attached hydrogens (tertiary/aromatic N) is 1. The van der Waals surface area contributed by atoms with Crippen LogP contribution < -0.4 is 0 Å². The Bertz CT molecular complexity index is 199. The molecule has 0 radical (unpaired) electrons. The van der Waals surface area contributed by atoms with Crippen LogP contribution in [0.2, 0.25) is 0 Å². The van der Waals surface area contributed by atoms with Gasteiger partial charge in [-0.25, -0.2) is 0 Å². The molecule has 2 saturated heterocycles. The number of hydrogen-bond acceptors (Lipinski definition) is 1. The van der Waals surface area contributed by atoms with Crippen molar-refractivity contribution >= 4 is 0 Å². The number of fused-ring (bicyclic) bond motifs is 2. The van der Waals surface area contributed by atoms with Crippen molar-refractivity contribution in [2.45, 2.75) is 46.6 Å². The van der Waals surface area contributed by atoms with Gasteiger partial charge in [0, 0.05) is 19.1 Å². The fourth-order valence-electron chi connectivity index (χ4n) is 3.68. The zero-order valence-corrected chi connectivity index (χ0v) is 10.2. The molecule has 1 heteroatoms. The van der Waals surface area contributed by atoms with E-state index in [1.807, 2.05) is 0 Å². The van der Waals surface area contributed by atoms with E-state index >= 15 is 0 Å². The third kappa shape index (κ3) is 1.60. The molecule has 0 aromatic heterocycles. The Morgan fingerprint density at radius 3 is 2.57 bits per heavy atom. The Morgan fingerprint density at radius 1 is 1.29 bits per heavy atom. The van der Waals surface area contributed by atoms with Gasteiger partial charge in [0.05, 0.1) is 0 Å². The standard InChI is InChI=1S/C13H25N/c1-5-13-10(4)14-7-11(9(2)3)6-12(13)8-14/h9-13H,5-8H2,1-4H3. The highest BCUT2D eigenvalue weighted by molar-refractivity contribution is 4.96. The van der Waals surface area contributed by atoms with Crippen LogP contribution in [0.15, 0.2) is 0 Å². The van der Waals surface area contributed by atoms with Gasteiger partial charge < -0.3 is 0 Å². The second-order valence-electron chi connectivity index (χ2n) is 5.77. The molecule has 2 bridgehead atoms. The van der Waals surface area contributed by atoms with E-state index in [9.17, 15) is 0 Å². The van der Waals surface area contributed by atoms with E-state index in [1.54, 1.807) is 0 Å². The minimum atomic E-state index is 0.855. The molecule has 1 nitrogen and oxygen atoms in total. The molecule has 5 unspecified atom stereocenters. The lowest BCUT2D eigenvalue weighted by Crippen LogP contribution is -2.38. The van der Waals surface area contributed by atoms with E-state index in [4.69, 9.17) is 0 Å². The van der Waals surface area contributed by atoms with Gasteiger partial charge in [-0.1, -0.05) is 27.2 Å². The quantitative estimate of drug-likeness (QED) is 0.654. The Labute approximate surface area is 88.9 Å². The molecule has 0 aliphatic carbocycles. The summed E-state index contributed by atoms with van der Waals surface area (Å²) in [6.45, 7) is 12.4. The van der Waals surface area contributed by atoms with Crippen LogP contribution in [0.25, 0.3) is 0 Å². The third-order valence-electron chi connectivity index (χ3n) is 4.76. The Kier molecular flexibility index (Phi) is 2.88. The molecule has 5 atom stereocenters. The highest BCUT2D eigenvalue weighted by atomic mass is 15.2. The van der Waals surface area contributed by atoms with Crippen molar-refractivity contribution in [1.29, 1.82) is 0 Å². The molecule has 0 N–H and O–H groups in total. The SMILES string of the molecule is CCC1C2CC(C(C)C)CN(C2)C1C. The van der Waals surface area contributed by atoms with Gasteiger partial charge in [-0.15, -0.1) is 0 Å². The van der Waals surface area contributed by atoms with Crippen molar-refractivity contribution in [1.82, 2.24) is 4.90 Å². The molecular weight excluding hydrogens is 170 g/mol. The average Bonchev–Trinajstić information content (AvgIpc) is 2.37. The summed E-state index contributed by atoms with van der Waals surface area (Å²) in [6.07, 6.45) is 2.88. The fraction of sp³-hybridized carbons (Fsp3) is 1.00. The maximum Gasteiger partial charge on any atom is 0.00984 e. The van der Waals surface area contributed by atoms with Crippen molar-refractivity contribution in [2.75, 3.05) is 13.1 Å². The summed E-state index contributed by atoms with van der Waals surface area (Å²) < 4.78 is 0. The van der Waals surface area contributed by atoms with E-state index in [0.29, 0.717) is 0 Å². The summed E-state index contributed by atoms with van der Waals surface area (Å²) >= 11 is 0. The maximum absolute atomic E-state index is 2.74. The Morgan fingerprint density at radius 2 is 2.00 bits per heavy atom. The molecule has 14 heavy (non-hydrogen) atoms. The van der Waals surface area contributed by atoms with E-state index in [1.165, 1.54) is 25.9 Å². The molecule has 0 aromatic carbocycles. The van der Waals surface area contributed by atoms with Crippen molar-refractivity contribution in [3.05, 3.63) is 0 Å². The van der Waals surface area contributed by atoms with Crippen LogP contribution >= 0.6 is 0 Å². The lowest BCUT2D eigenvalue weighted by Gasteiger charge is -2.33. The first-order chi connectivity index (χ1) is 6.63. The van der Waals surface area contributed by atoms with Gasteiger partial charge in [-0.2, -0.15) is 0 Å². The van der Waals surface area contributed by atoms with Gasteiger partial charge in [-0.3, -0.25) is 4.90 Å². The summed E-state index contributed by atoms with van der Waals surface area (Å²) in [5.74, 6) is 3.84. The summed E-state index contributed by atoms with van der Waals surface area (Å²) in [5, 5.41) is 0. The first-order valence-corrected chi connectivity index (χ1v) is 6.37. The van der Waals surface area contributed by atoms with E-state index < -0.39 is 0 Å². The van der Waals surface area contributed by atoms with Gasteiger partial charge in [0.15, 0.2) is 0 Å². The molecule has 0 aromatic rings. The van der Waals surface area contributed by atoms with Crippen LogP contribution in [0.5, 0.6) is 0 Å². The average molecular weight is 195 g/mol. The number of rotatable bonds is 2. The van der Waals surface area contributed by atoms with E-state index in [2.05, 4.69) is 32.6 Å². The minimum Gasteiger partial charge on any atom is -0.300 e. The second kappa shape index (κ2) is 3.84. The smallest absolute Gasteiger partial charge is 0.00984 e. The predicted molar refractivity (Wildman–Crippen MR) is 61.3 cm³/mol. The zero-order valence-electron chi connectivity index (χ0n) is 10.2. The summed E-state index contributed by atoms with van der Waals surface area (Å²) in [7, 11) is 0. The lowest BCUT2D eigenvalue weighted by molar-refractivity contribution is 0.146. The predicted octanol–water partition coefficient (Wildman–Crippen LogP) is 3.01. The van der Waals surface area contributed by atoms with Crippen LogP contribution in [0.4, 0.5) is 0 Å². The van der Waals surface area contributed by atoms with Gasteiger partial charge in [0.1, 0.15) is 0 Å². The largest absolute Gasteiger partial charge is 0.300 e. The monoisotopic (exact) mass is 195 g/mol. The summed E-state index contributed by atoms with van der Waals surface area (Å²) in [5.41, 5.74) is 0. The number of piperidine rings is 1. The first kappa shape index (κ1) is 10.5. The molecule has 2 aliphatic heterocycles. The molecule has 0 saturated carbocycles. The molecule has 2 fully saturated rings. The topological polar surface area (TPSA) is 3.24 Å². The fourth-order valence-corrected chi connectivity index (χ4v) is 3.68. The number of hydrogen-bond donors (Lipinski definition) is 0. The van der Waals surface area contributed by atoms with Gasteiger partial charge in [0.25, 0.3) is 0 Å². The van der Waals surface area contributed by atoms with Crippen molar-refractivity contribution < 1.29 is 0 Å². The Hall–Kier alpha value is -0.0400. The highest BCUT2D eigenvalue weighted by Gasteiger charge is 2.43. The van der Waals surface area contributed by atoms with E-state index in [-0.39, 0.29) is 0 Å². The molecule has 2 heterocycles. The van der Waals surface area contributed by atoms with Crippen LogP contribution in [0, 0.1) is 23.7 Å². The zero-order chi connectivity index (χ0) is 10.3. The van der Waals surface area contributed by atoms with Crippen molar-refractivity contribution in [2.24, 2.45) is 23.7 Å². The lowest BCUT2D eigenvalue weighted by atomic mass is 9.79. The second-order valence-corrected chi connectivity index (χ2v) is 5.77. The van der Waals surface area contributed by atoms with Gasteiger partial charge in [0.2, 0.25) is 0 Å². The van der Waals surface area contributed by atoms with Gasteiger partial charge >= 0.3 is 0 Å². The molecule has 2 aliphatic rings.